The van der Waals surface area contributed by atoms with Crippen LogP contribution in [0.25, 0.3) is 0 Å². The molecule has 0 spiro atoms. The summed E-state index contributed by atoms with van der Waals surface area (Å²) in [5.74, 6) is -2.15. The molecule has 0 fully saturated rings. The summed E-state index contributed by atoms with van der Waals surface area (Å²) in [5, 5.41) is 15.8. The van der Waals surface area contributed by atoms with Crippen LogP contribution in [0.1, 0.15) is 12.8 Å². The van der Waals surface area contributed by atoms with Gasteiger partial charge < -0.3 is 10.2 Å². The van der Waals surface area contributed by atoms with Crippen molar-refractivity contribution in [2.45, 2.75) is 12.8 Å². The number of rotatable bonds is 3. The van der Waals surface area contributed by atoms with Crippen molar-refractivity contribution in [3.8, 4) is 0 Å². The quantitative estimate of drug-likeness (QED) is 0.658. The zero-order chi connectivity index (χ0) is 6.57. The van der Waals surface area contributed by atoms with Crippen LogP contribution in [-0.4, -0.2) is 22.2 Å². The summed E-state index contributed by atoms with van der Waals surface area (Å²) >= 11 is 0. The van der Waals surface area contributed by atoms with Crippen molar-refractivity contribution < 1.29 is 40.2 Å². The van der Waals surface area contributed by atoms with Crippen LogP contribution >= 0.6 is 0 Å². The molecule has 0 saturated carbocycles. The Morgan fingerprint density at radius 1 is 1.00 bits per heavy atom. The van der Waals surface area contributed by atoms with Gasteiger partial charge in [0.05, 0.1) is 12.8 Å². The van der Waals surface area contributed by atoms with Crippen LogP contribution < -0.4 is 0 Å². The predicted molar refractivity (Wildman–Crippen MR) is 24.5 cm³/mol. The van der Waals surface area contributed by atoms with Gasteiger partial charge in [-0.05, 0) is 0 Å². The average Bonchev–Trinajstić information content (AvgIpc) is 1.61. The van der Waals surface area contributed by atoms with Crippen molar-refractivity contribution in [2.24, 2.45) is 0 Å². The molecule has 2 N–H and O–H groups in total. The first kappa shape index (κ1) is 11.4. The van der Waals surface area contributed by atoms with E-state index in [4.69, 9.17) is 10.2 Å². The SMILES string of the molecule is O=C(O)CCC(=O)O.[Pd]. The Bertz CT molecular complexity index is 97.1. The normalized spacial score (nSPS) is 7.56. The molecule has 0 aromatic rings. The summed E-state index contributed by atoms with van der Waals surface area (Å²) in [6.45, 7) is 0. The molecule has 0 aliphatic carbocycles. The van der Waals surface area contributed by atoms with Gasteiger partial charge >= 0.3 is 11.9 Å². The fourth-order valence-corrected chi connectivity index (χ4v) is 0.214. The summed E-state index contributed by atoms with van der Waals surface area (Å²) in [5.41, 5.74) is 0. The first-order chi connectivity index (χ1) is 3.63. The summed E-state index contributed by atoms with van der Waals surface area (Å²) in [4.78, 5) is 19.3. The molecule has 0 aromatic carbocycles. The molecule has 0 atom stereocenters. The molecular formula is C4H6O4Pd. The molecule has 0 saturated heterocycles. The minimum atomic E-state index is -1.08. The van der Waals surface area contributed by atoms with E-state index in [0.29, 0.717) is 0 Å². The average molecular weight is 225 g/mol. The smallest absolute Gasteiger partial charge is 0.303 e. The number of carboxylic acids is 2. The van der Waals surface area contributed by atoms with E-state index in [1.807, 2.05) is 0 Å². The van der Waals surface area contributed by atoms with Gasteiger partial charge in [0, 0.05) is 20.4 Å². The van der Waals surface area contributed by atoms with Crippen LogP contribution in [0.3, 0.4) is 0 Å². The van der Waals surface area contributed by atoms with Crippen molar-refractivity contribution in [2.75, 3.05) is 0 Å². The summed E-state index contributed by atoms with van der Waals surface area (Å²) < 4.78 is 0. The van der Waals surface area contributed by atoms with Gasteiger partial charge in [0.15, 0.2) is 0 Å². The maximum absolute atomic E-state index is 9.64. The summed E-state index contributed by atoms with van der Waals surface area (Å²) in [6, 6.07) is 0. The zero-order valence-electron chi connectivity index (χ0n) is 4.44. The van der Waals surface area contributed by atoms with Gasteiger partial charge in [0.2, 0.25) is 0 Å². The maximum atomic E-state index is 9.64. The maximum Gasteiger partial charge on any atom is 0.303 e. The van der Waals surface area contributed by atoms with Gasteiger partial charge in [-0.25, -0.2) is 0 Å². The number of carbonyl (C=O) groups is 2. The molecule has 5 heteroatoms. The van der Waals surface area contributed by atoms with Crippen molar-refractivity contribution in [3.63, 3.8) is 0 Å². The van der Waals surface area contributed by atoms with E-state index >= 15 is 0 Å². The second-order valence-electron chi connectivity index (χ2n) is 1.29. The van der Waals surface area contributed by atoms with Gasteiger partial charge in [-0.15, -0.1) is 0 Å². The van der Waals surface area contributed by atoms with Crippen LogP contribution in [0.4, 0.5) is 0 Å². The molecule has 0 unspecified atom stereocenters. The van der Waals surface area contributed by atoms with Crippen LogP contribution in [0.2, 0.25) is 0 Å². The molecule has 0 rings (SSSR count). The standard InChI is InChI=1S/C4H6O4.Pd/c5-3(6)1-2-4(7)8;/h1-2H2,(H,5,6)(H,7,8);. The Balaban J connectivity index is 0. The third-order valence-electron chi connectivity index (χ3n) is 0.553. The van der Waals surface area contributed by atoms with Gasteiger partial charge in [0.1, 0.15) is 0 Å². The van der Waals surface area contributed by atoms with E-state index in [0.717, 1.165) is 0 Å². The third-order valence-corrected chi connectivity index (χ3v) is 0.553. The van der Waals surface area contributed by atoms with Crippen LogP contribution in [-0.2, 0) is 30.0 Å². The number of carboxylic acid groups (broad SMARTS) is 2. The Morgan fingerprint density at radius 3 is 1.33 bits per heavy atom. The zero-order valence-corrected chi connectivity index (χ0v) is 6.00. The minimum absolute atomic E-state index is 0. The second kappa shape index (κ2) is 5.73. The topological polar surface area (TPSA) is 74.6 Å². The fourth-order valence-electron chi connectivity index (χ4n) is 0.214. The van der Waals surface area contributed by atoms with Crippen molar-refractivity contribution in [3.05, 3.63) is 0 Å². The molecular weight excluding hydrogens is 218 g/mol. The van der Waals surface area contributed by atoms with Crippen LogP contribution in [0.5, 0.6) is 0 Å². The van der Waals surface area contributed by atoms with E-state index < -0.39 is 11.9 Å². The van der Waals surface area contributed by atoms with E-state index in [2.05, 4.69) is 0 Å². The number of aliphatic carboxylic acids is 2. The Hall–Kier alpha value is -0.398. The van der Waals surface area contributed by atoms with Gasteiger partial charge in [-0.1, -0.05) is 0 Å². The number of hydrogen-bond donors (Lipinski definition) is 2. The summed E-state index contributed by atoms with van der Waals surface area (Å²) in [7, 11) is 0. The van der Waals surface area contributed by atoms with Crippen LogP contribution in [0, 0.1) is 0 Å². The van der Waals surface area contributed by atoms with E-state index in [9.17, 15) is 9.59 Å². The molecule has 0 aromatic heterocycles. The van der Waals surface area contributed by atoms with Gasteiger partial charge in [0.25, 0.3) is 0 Å². The Morgan fingerprint density at radius 2 is 1.22 bits per heavy atom. The van der Waals surface area contributed by atoms with Gasteiger partial charge in [-0.3, -0.25) is 9.59 Å². The molecule has 0 aliphatic rings. The first-order valence-electron chi connectivity index (χ1n) is 2.06. The first-order valence-corrected chi connectivity index (χ1v) is 2.06. The fraction of sp³-hybridized carbons (Fsp3) is 0.500. The Kier molecular flexibility index (Phi) is 7.27. The minimum Gasteiger partial charge on any atom is -0.481 e. The van der Waals surface area contributed by atoms with Crippen LogP contribution in [0.15, 0.2) is 0 Å². The predicted octanol–water partition coefficient (Wildman–Crippen LogP) is -0.0667. The van der Waals surface area contributed by atoms with E-state index in [1.54, 1.807) is 0 Å². The van der Waals surface area contributed by atoms with E-state index in [1.165, 1.54) is 0 Å². The molecule has 0 bridgehead atoms. The van der Waals surface area contributed by atoms with Gasteiger partial charge in [-0.2, -0.15) is 0 Å². The molecule has 56 valence electrons. The monoisotopic (exact) mass is 224 g/mol. The Labute approximate surface area is 65.5 Å². The second-order valence-corrected chi connectivity index (χ2v) is 1.29. The van der Waals surface area contributed by atoms with Crippen molar-refractivity contribution in [1.82, 2.24) is 0 Å². The number of hydrogen-bond acceptors (Lipinski definition) is 2. The molecule has 4 nitrogen and oxygen atoms in total. The summed E-state index contributed by atoms with van der Waals surface area (Å²) in [6.07, 6.45) is -0.593. The molecule has 0 amide bonds. The molecule has 0 radical (unpaired) electrons. The van der Waals surface area contributed by atoms with Crippen molar-refractivity contribution >= 4 is 11.9 Å². The molecule has 0 aliphatic heterocycles. The third kappa shape index (κ3) is 11.3. The largest absolute Gasteiger partial charge is 0.481 e. The molecule has 0 heterocycles. The van der Waals surface area contributed by atoms with E-state index in [-0.39, 0.29) is 33.3 Å². The molecule has 9 heavy (non-hydrogen) atoms. The van der Waals surface area contributed by atoms with Crippen molar-refractivity contribution in [1.29, 1.82) is 0 Å².